The lowest BCUT2D eigenvalue weighted by Crippen LogP contribution is -2.41. The van der Waals surface area contributed by atoms with Crippen molar-refractivity contribution >= 4 is 33.6 Å². The van der Waals surface area contributed by atoms with Crippen molar-refractivity contribution in [1.82, 2.24) is 14.7 Å². The van der Waals surface area contributed by atoms with Crippen molar-refractivity contribution in [3.63, 3.8) is 0 Å². The molecule has 0 spiro atoms. The number of hydrogen-bond donors (Lipinski definition) is 0. The number of benzene rings is 2. The molecule has 28 heavy (non-hydrogen) atoms. The highest BCUT2D eigenvalue weighted by molar-refractivity contribution is 9.10. The normalized spacial score (nSPS) is 15.8. The molecule has 0 unspecified atom stereocenters. The molecule has 0 saturated carbocycles. The number of hydrogen-bond acceptors (Lipinski definition) is 4. The Morgan fingerprint density at radius 1 is 1.11 bits per heavy atom. The molecule has 2 aromatic carbocycles. The summed E-state index contributed by atoms with van der Waals surface area (Å²) < 4.78 is 8.34. The van der Waals surface area contributed by atoms with E-state index in [0.717, 1.165) is 32.7 Å². The van der Waals surface area contributed by atoms with E-state index in [9.17, 15) is 4.79 Å². The fraction of sp³-hybridized carbons (Fsp3) is 0.238. The Bertz CT molecular complexity index is 1050. The van der Waals surface area contributed by atoms with Crippen LogP contribution in [0.2, 0.25) is 0 Å². The Morgan fingerprint density at radius 2 is 1.89 bits per heavy atom. The first-order valence-electron chi connectivity index (χ1n) is 9.19. The summed E-state index contributed by atoms with van der Waals surface area (Å²) in [6.07, 6.45) is 0. The van der Waals surface area contributed by atoms with Crippen molar-refractivity contribution in [2.24, 2.45) is 0 Å². The van der Waals surface area contributed by atoms with Crippen LogP contribution in [0.15, 0.2) is 57.9 Å². The molecular formula is C21H18BrN3O2S. The average molecular weight is 456 g/mol. The van der Waals surface area contributed by atoms with Crippen molar-refractivity contribution in [2.45, 2.75) is 10.6 Å². The number of fused-ring (bicyclic) bond motifs is 3. The minimum absolute atomic E-state index is 0.00622. The molecule has 0 N–H and O–H groups in total. The lowest BCUT2D eigenvalue weighted by Gasteiger charge is -2.26. The van der Waals surface area contributed by atoms with Crippen molar-refractivity contribution in [3.05, 3.63) is 64.3 Å². The molecular weight excluding hydrogens is 438 g/mol. The van der Waals surface area contributed by atoms with Gasteiger partial charge in [-0.2, -0.15) is 5.10 Å². The van der Waals surface area contributed by atoms with Gasteiger partial charge in [0.15, 0.2) is 5.69 Å². The fourth-order valence-corrected chi connectivity index (χ4v) is 5.08. The topological polar surface area (TPSA) is 47.4 Å². The van der Waals surface area contributed by atoms with Crippen molar-refractivity contribution in [1.29, 1.82) is 0 Å². The number of carbonyl (C=O) groups is 1. The SMILES string of the molecule is O=C(c1nn(-c2ccccc2)c2c1CSc1ccc(Br)cc1-2)N1CCOCC1. The van der Waals surface area contributed by atoms with Gasteiger partial charge in [0.25, 0.3) is 5.91 Å². The van der Waals surface area contributed by atoms with E-state index in [4.69, 9.17) is 9.84 Å². The molecule has 1 aromatic heterocycles. The van der Waals surface area contributed by atoms with Crippen LogP contribution in [0, 0.1) is 0 Å². The van der Waals surface area contributed by atoms with Crippen LogP contribution in [0.1, 0.15) is 16.1 Å². The first-order valence-corrected chi connectivity index (χ1v) is 11.0. The van der Waals surface area contributed by atoms with Gasteiger partial charge in [-0.25, -0.2) is 4.68 Å². The smallest absolute Gasteiger partial charge is 0.274 e. The molecule has 1 fully saturated rings. The van der Waals surface area contributed by atoms with Gasteiger partial charge in [-0.3, -0.25) is 4.79 Å². The van der Waals surface area contributed by atoms with E-state index in [-0.39, 0.29) is 5.91 Å². The van der Waals surface area contributed by atoms with E-state index in [1.54, 1.807) is 11.8 Å². The number of amides is 1. The summed E-state index contributed by atoms with van der Waals surface area (Å²) in [5.74, 6) is 0.732. The van der Waals surface area contributed by atoms with Crippen molar-refractivity contribution in [3.8, 4) is 16.9 Å². The third-order valence-electron chi connectivity index (χ3n) is 5.05. The number of rotatable bonds is 2. The quantitative estimate of drug-likeness (QED) is 0.575. The van der Waals surface area contributed by atoms with Crippen LogP contribution in [0.3, 0.4) is 0 Å². The highest BCUT2D eigenvalue weighted by atomic mass is 79.9. The van der Waals surface area contributed by atoms with E-state index in [1.165, 1.54) is 4.90 Å². The van der Waals surface area contributed by atoms with E-state index in [1.807, 2.05) is 39.9 Å². The van der Waals surface area contributed by atoms with Gasteiger partial charge in [0.05, 0.1) is 24.6 Å². The van der Waals surface area contributed by atoms with Crippen molar-refractivity contribution in [2.75, 3.05) is 26.3 Å². The molecule has 142 valence electrons. The van der Waals surface area contributed by atoms with Gasteiger partial charge in [-0.1, -0.05) is 34.1 Å². The first-order chi connectivity index (χ1) is 13.7. The van der Waals surface area contributed by atoms with Crippen LogP contribution in [0.25, 0.3) is 16.9 Å². The number of morpholine rings is 1. The zero-order chi connectivity index (χ0) is 19.1. The average Bonchev–Trinajstić information content (AvgIpc) is 3.14. The van der Waals surface area contributed by atoms with Gasteiger partial charge in [-0.05, 0) is 30.3 Å². The zero-order valence-electron chi connectivity index (χ0n) is 15.1. The highest BCUT2D eigenvalue weighted by Gasteiger charge is 2.32. The molecule has 5 nitrogen and oxygen atoms in total. The van der Waals surface area contributed by atoms with Crippen LogP contribution in [0.4, 0.5) is 0 Å². The van der Waals surface area contributed by atoms with E-state index in [0.29, 0.717) is 32.0 Å². The predicted molar refractivity (Wildman–Crippen MR) is 113 cm³/mol. The minimum Gasteiger partial charge on any atom is -0.378 e. The van der Waals surface area contributed by atoms with Crippen molar-refractivity contribution < 1.29 is 9.53 Å². The number of ether oxygens (including phenoxy) is 1. The maximum Gasteiger partial charge on any atom is 0.274 e. The van der Waals surface area contributed by atoms with Gasteiger partial charge in [-0.15, -0.1) is 11.8 Å². The van der Waals surface area contributed by atoms with Crippen LogP contribution in [-0.4, -0.2) is 46.9 Å². The monoisotopic (exact) mass is 455 g/mol. The second-order valence-electron chi connectivity index (χ2n) is 6.76. The summed E-state index contributed by atoms with van der Waals surface area (Å²) in [6, 6.07) is 16.3. The number of thioether (sulfide) groups is 1. The van der Waals surface area contributed by atoms with Crippen LogP contribution >= 0.6 is 27.7 Å². The first kappa shape index (κ1) is 18.0. The van der Waals surface area contributed by atoms with Crippen LogP contribution < -0.4 is 0 Å². The lowest BCUT2D eigenvalue weighted by molar-refractivity contribution is 0.0298. The van der Waals surface area contributed by atoms with Crippen LogP contribution in [-0.2, 0) is 10.5 Å². The second-order valence-corrected chi connectivity index (χ2v) is 8.69. The molecule has 1 amide bonds. The van der Waals surface area contributed by atoms with Crippen LogP contribution in [0.5, 0.6) is 0 Å². The molecule has 2 aliphatic rings. The maximum atomic E-state index is 13.3. The van der Waals surface area contributed by atoms with E-state index >= 15 is 0 Å². The van der Waals surface area contributed by atoms with E-state index < -0.39 is 0 Å². The second kappa shape index (κ2) is 7.39. The number of para-hydroxylation sites is 1. The Kier molecular flexibility index (Phi) is 4.74. The Hall–Kier alpha value is -2.09. The predicted octanol–water partition coefficient (Wildman–Crippen LogP) is 4.38. The van der Waals surface area contributed by atoms with Gasteiger partial charge in [0.1, 0.15) is 0 Å². The summed E-state index contributed by atoms with van der Waals surface area (Å²) in [5.41, 5.74) is 4.64. The lowest BCUT2D eigenvalue weighted by atomic mass is 10.0. The molecule has 3 aromatic rings. The molecule has 0 bridgehead atoms. The van der Waals surface area contributed by atoms with Gasteiger partial charge < -0.3 is 9.64 Å². The summed E-state index contributed by atoms with van der Waals surface area (Å²) in [6.45, 7) is 2.39. The van der Waals surface area contributed by atoms with Gasteiger partial charge in [0, 0.05) is 39.3 Å². The molecule has 3 heterocycles. The number of aromatic nitrogens is 2. The molecule has 1 saturated heterocycles. The zero-order valence-corrected chi connectivity index (χ0v) is 17.5. The third-order valence-corrected chi connectivity index (χ3v) is 6.65. The Labute approximate surface area is 175 Å². The molecule has 7 heteroatoms. The maximum absolute atomic E-state index is 13.3. The standard InChI is InChI=1S/C21H18BrN3O2S/c22-14-6-7-18-16(12-14)20-17(13-28-18)19(21(26)24-8-10-27-11-9-24)23-25(20)15-4-2-1-3-5-15/h1-7,12H,8-11,13H2. The molecule has 0 aliphatic carbocycles. The fourth-order valence-electron chi connectivity index (χ4n) is 3.67. The molecule has 0 atom stereocenters. The molecule has 2 aliphatic heterocycles. The Balaban J connectivity index is 1.70. The van der Waals surface area contributed by atoms with E-state index in [2.05, 4.69) is 34.1 Å². The summed E-state index contributed by atoms with van der Waals surface area (Å²) in [4.78, 5) is 16.3. The Morgan fingerprint density at radius 3 is 2.68 bits per heavy atom. The number of nitrogens with zero attached hydrogens (tertiary/aromatic N) is 3. The molecule has 5 rings (SSSR count). The third kappa shape index (κ3) is 3.07. The number of carbonyl (C=O) groups excluding carboxylic acids is 1. The summed E-state index contributed by atoms with van der Waals surface area (Å²) in [5, 5.41) is 4.82. The minimum atomic E-state index is -0.00622. The van der Waals surface area contributed by atoms with Gasteiger partial charge in [0.2, 0.25) is 0 Å². The summed E-state index contributed by atoms with van der Waals surface area (Å²) in [7, 11) is 0. The largest absolute Gasteiger partial charge is 0.378 e. The van der Waals surface area contributed by atoms with Gasteiger partial charge >= 0.3 is 0 Å². The summed E-state index contributed by atoms with van der Waals surface area (Å²) >= 11 is 5.35. The molecule has 0 radical (unpaired) electrons. The number of halogens is 1. The highest BCUT2D eigenvalue weighted by Crippen LogP contribution is 2.44.